The molecule has 1 unspecified atom stereocenters. The highest BCUT2D eigenvalue weighted by atomic mass is 16.3. The summed E-state index contributed by atoms with van der Waals surface area (Å²) >= 11 is 0. The molecule has 3 heteroatoms. The average Bonchev–Trinajstić information content (AvgIpc) is 2.18. The molecule has 80 valence electrons. The van der Waals surface area contributed by atoms with E-state index in [1.165, 1.54) is 0 Å². The van der Waals surface area contributed by atoms with Gasteiger partial charge < -0.3 is 5.11 Å². The lowest BCUT2D eigenvalue weighted by atomic mass is 10.1. The smallest absolute Gasteiger partial charge is 0.115 e. The number of hydrogen-bond donors (Lipinski definition) is 1. The van der Waals surface area contributed by atoms with Gasteiger partial charge >= 0.3 is 0 Å². The van der Waals surface area contributed by atoms with Crippen LogP contribution in [0.4, 0.5) is 0 Å². The number of benzene rings is 1. The molecule has 0 aliphatic rings. The lowest BCUT2D eigenvalue weighted by Crippen LogP contribution is -2.28. The number of hydrogen-bond acceptors (Lipinski definition) is 3. The van der Waals surface area contributed by atoms with Crippen molar-refractivity contribution in [3.8, 4) is 11.8 Å². The van der Waals surface area contributed by atoms with Crippen LogP contribution in [0.15, 0.2) is 24.3 Å². The van der Waals surface area contributed by atoms with Crippen molar-refractivity contribution in [3.63, 3.8) is 0 Å². The maximum Gasteiger partial charge on any atom is 0.115 e. The van der Waals surface area contributed by atoms with Crippen LogP contribution in [-0.4, -0.2) is 23.1 Å². The van der Waals surface area contributed by atoms with Gasteiger partial charge in [-0.1, -0.05) is 12.1 Å². The molecule has 0 fully saturated rings. The normalized spacial score (nSPS) is 12.4. The summed E-state index contributed by atoms with van der Waals surface area (Å²) < 4.78 is 0. The number of phenols is 1. The molecule has 1 N–H and O–H groups in total. The van der Waals surface area contributed by atoms with E-state index in [0.717, 1.165) is 12.1 Å². The minimum absolute atomic E-state index is 0.234. The maximum absolute atomic E-state index is 9.30. The second kappa shape index (κ2) is 5.38. The van der Waals surface area contributed by atoms with Crippen LogP contribution in [0, 0.1) is 11.3 Å². The number of nitrogens with zero attached hydrogens (tertiary/aromatic N) is 2. The summed E-state index contributed by atoms with van der Waals surface area (Å²) in [5.41, 5.74) is 1.06. The molecule has 0 amide bonds. The standard InChI is InChI=1S/C12H16N2O/c1-10(6-7-13)14(2)9-11-4-3-5-12(15)8-11/h3-5,8,10,15H,6,9H2,1-2H3. The van der Waals surface area contributed by atoms with Crippen molar-refractivity contribution in [3.05, 3.63) is 29.8 Å². The number of aromatic hydroxyl groups is 1. The topological polar surface area (TPSA) is 47.3 Å². The Hall–Kier alpha value is -1.53. The second-order valence-electron chi connectivity index (χ2n) is 3.80. The summed E-state index contributed by atoms with van der Waals surface area (Å²) in [6.45, 7) is 2.77. The molecule has 0 spiro atoms. The molecule has 0 radical (unpaired) electrons. The maximum atomic E-state index is 9.30. The summed E-state index contributed by atoms with van der Waals surface area (Å²) in [7, 11) is 1.98. The predicted octanol–water partition coefficient (Wildman–Crippen LogP) is 2.13. The third-order valence-corrected chi connectivity index (χ3v) is 2.48. The molecule has 1 atom stereocenters. The van der Waals surface area contributed by atoms with Gasteiger partial charge in [0.1, 0.15) is 5.75 Å². The van der Waals surface area contributed by atoms with Crippen molar-refractivity contribution in [1.82, 2.24) is 4.90 Å². The highest BCUT2D eigenvalue weighted by molar-refractivity contribution is 5.26. The fourth-order valence-electron chi connectivity index (χ4n) is 1.39. The van der Waals surface area contributed by atoms with E-state index in [1.807, 2.05) is 26.1 Å². The van der Waals surface area contributed by atoms with Crippen LogP contribution in [-0.2, 0) is 6.54 Å². The summed E-state index contributed by atoms with van der Waals surface area (Å²) in [6, 6.07) is 9.58. The summed E-state index contributed by atoms with van der Waals surface area (Å²) in [4.78, 5) is 2.10. The van der Waals surface area contributed by atoms with E-state index in [1.54, 1.807) is 12.1 Å². The van der Waals surface area contributed by atoms with Gasteiger partial charge in [-0.15, -0.1) is 0 Å². The molecule has 0 heterocycles. The first kappa shape index (κ1) is 11.5. The van der Waals surface area contributed by atoms with E-state index in [-0.39, 0.29) is 11.8 Å². The summed E-state index contributed by atoms with van der Waals surface area (Å²) in [5, 5.41) is 17.9. The molecule has 1 aromatic rings. The number of phenolic OH excluding ortho intramolecular Hbond substituents is 1. The van der Waals surface area contributed by atoms with Crippen LogP contribution in [0.3, 0.4) is 0 Å². The molecule has 1 aromatic carbocycles. The average molecular weight is 204 g/mol. The van der Waals surface area contributed by atoms with E-state index < -0.39 is 0 Å². The third-order valence-electron chi connectivity index (χ3n) is 2.48. The van der Waals surface area contributed by atoms with Gasteiger partial charge in [0.25, 0.3) is 0 Å². The first-order valence-corrected chi connectivity index (χ1v) is 4.98. The minimum Gasteiger partial charge on any atom is -0.508 e. The van der Waals surface area contributed by atoms with Crippen LogP contribution < -0.4 is 0 Å². The highest BCUT2D eigenvalue weighted by Crippen LogP contribution is 2.13. The second-order valence-corrected chi connectivity index (χ2v) is 3.80. The van der Waals surface area contributed by atoms with Gasteiger partial charge in [-0.05, 0) is 31.7 Å². The van der Waals surface area contributed by atoms with Crippen molar-refractivity contribution in [2.75, 3.05) is 7.05 Å². The van der Waals surface area contributed by atoms with Gasteiger partial charge in [0, 0.05) is 12.6 Å². The zero-order valence-electron chi connectivity index (χ0n) is 9.14. The molecule has 3 nitrogen and oxygen atoms in total. The summed E-state index contributed by atoms with van der Waals surface area (Å²) in [6.07, 6.45) is 0.523. The van der Waals surface area contributed by atoms with E-state index >= 15 is 0 Å². The van der Waals surface area contributed by atoms with Crippen molar-refractivity contribution in [2.45, 2.75) is 25.9 Å². The molecule has 0 bridgehead atoms. The number of nitriles is 1. The van der Waals surface area contributed by atoms with E-state index in [0.29, 0.717) is 6.42 Å². The summed E-state index contributed by atoms with van der Waals surface area (Å²) in [5.74, 6) is 0.286. The molecular weight excluding hydrogens is 188 g/mol. The Balaban J connectivity index is 2.58. The Morgan fingerprint density at radius 3 is 2.87 bits per heavy atom. The first-order chi connectivity index (χ1) is 7.13. The molecule has 0 saturated heterocycles. The van der Waals surface area contributed by atoms with Gasteiger partial charge in [0.15, 0.2) is 0 Å². The van der Waals surface area contributed by atoms with Crippen LogP contribution >= 0.6 is 0 Å². The monoisotopic (exact) mass is 204 g/mol. The molecule has 1 rings (SSSR count). The fraction of sp³-hybridized carbons (Fsp3) is 0.417. The zero-order valence-corrected chi connectivity index (χ0v) is 9.14. The van der Waals surface area contributed by atoms with Gasteiger partial charge in [0.2, 0.25) is 0 Å². The lowest BCUT2D eigenvalue weighted by Gasteiger charge is -2.22. The van der Waals surface area contributed by atoms with E-state index in [4.69, 9.17) is 5.26 Å². The molecule has 0 saturated carbocycles. The quantitative estimate of drug-likeness (QED) is 0.817. The molecule has 0 aromatic heterocycles. The Labute approximate surface area is 90.6 Å². The number of rotatable bonds is 4. The van der Waals surface area contributed by atoms with Crippen LogP contribution in [0.1, 0.15) is 18.9 Å². The molecular formula is C12H16N2O. The molecule has 0 aliphatic carbocycles. The van der Waals surface area contributed by atoms with Crippen molar-refractivity contribution < 1.29 is 5.11 Å². The van der Waals surface area contributed by atoms with Gasteiger partial charge in [0.05, 0.1) is 12.5 Å². The van der Waals surface area contributed by atoms with Crippen molar-refractivity contribution in [1.29, 1.82) is 5.26 Å². The zero-order chi connectivity index (χ0) is 11.3. The van der Waals surface area contributed by atoms with Crippen LogP contribution in [0.25, 0.3) is 0 Å². The largest absolute Gasteiger partial charge is 0.508 e. The Morgan fingerprint density at radius 1 is 1.53 bits per heavy atom. The van der Waals surface area contributed by atoms with Crippen molar-refractivity contribution in [2.24, 2.45) is 0 Å². The van der Waals surface area contributed by atoms with Crippen molar-refractivity contribution >= 4 is 0 Å². The Bertz CT molecular complexity index is 357. The predicted molar refractivity (Wildman–Crippen MR) is 59.3 cm³/mol. The fourth-order valence-corrected chi connectivity index (χ4v) is 1.39. The van der Waals surface area contributed by atoms with E-state index in [9.17, 15) is 5.11 Å². The Morgan fingerprint density at radius 2 is 2.27 bits per heavy atom. The van der Waals surface area contributed by atoms with Gasteiger partial charge in [-0.3, -0.25) is 4.90 Å². The van der Waals surface area contributed by atoms with Crippen LogP contribution in [0.5, 0.6) is 5.75 Å². The third kappa shape index (κ3) is 3.61. The van der Waals surface area contributed by atoms with Gasteiger partial charge in [-0.25, -0.2) is 0 Å². The van der Waals surface area contributed by atoms with Gasteiger partial charge in [-0.2, -0.15) is 5.26 Å². The molecule has 0 aliphatic heterocycles. The Kier molecular flexibility index (Phi) is 4.14. The van der Waals surface area contributed by atoms with Crippen LogP contribution in [0.2, 0.25) is 0 Å². The SMILES string of the molecule is CC(CC#N)N(C)Cc1cccc(O)c1. The molecule has 15 heavy (non-hydrogen) atoms. The minimum atomic E-state index is 0.234. The highest BCUT2D eigenvalue weighted by Gasteiger charge is 2.08. The van der Waals surface area contributed by atoms with E-state index in [2.05, 4.69) is 11.0 Å². The lowest BCUT2D eigenvalue weighted by molar-refractivity contribution is 0.252. The first-order valence-electron chi connectivity index (χ1n) is 4.98.